The number of fused-ring (bicyclic) bond motifs is 4. The van der Waals surface area contributed by atoms with Crippen LogP contribution in [0, 0.1) is 6.92 Å². The summed E-state index contributed by atoms with van der Waals surface area (Å²) in [4.78, 5) is 34.6. The Morgan fingerprint density at radius 3 is 2.61 bits per heavy atom. The number of amides is 2. The molecule has 6 rings (SSSR count). The van der Waals surface area contributed by atoms with Crippen molar-refractivity contribution in [3.8, 4) is 0 Å². The molecule has 5 nitrogen and oxygen atoms in total. The lowest BCUT2D eigenvalue weighted by Gasteiger charge is -2.48. The van der Waals surface area contributed by atoms with Gasteiger partial charge in [0.05, 0.1) is 6.04 Å². The number of rotatable bonds is 2. The van der Waals surface area contributed by atoms with Crippen LogP contribution in [-0.2, 0) is 16.0 Å². The molecule has 3 aromatic rings. The Labute approximate surface area is 182 Å². The normalized spacial score (nSPS) is 24.0. The van der Waals surface area contributed by atoms with Crippen LogP contribution in [0.15, 0.2) is 48.5 Å². The molecule has 2 amide bonds. The highest BCUT2D eigenvalue weighted by Gasteiger charge is 2.49. The van der Waals surface area contributed by atoms with E-state index in [1.807, 2.05) is 28.0 Å². The largest absolute Gasteiger partial charge is 0.356 e. The molecule has 1 aliphatic carbocycles. The molecule has 5 heteroatoms. The number of nitrogens with zero attached hydrogens (tertiary/aromatic N) is 2. The summed E-state index contributed by atoms with van der Waals surface area (Å²) in [5, 5.41) is 1.16. The summed E-state index contributed by atoms with van der Waals surface area (Å²) in [6.07, 6.45) is 4.91. The van der Waals surface area contributed by atoms with Gasteiger partial charge in [0.15, 0.2) is 0 Å². The predicted molar refractivity (Wildman–Crippen MR) is 120 cm³/mol. The first-order valence-electron chi connectivity index (χ1n) is 11.4. The highest BCUT2D eigenvalue weighted by atomic mass is 16.2. The van der Waals surface area contributed by atoms with E-state index in [-0.39, 0.29) is 30.4 Å². The minimum Gasteiger partial charge on any atom is -0.356 e. The van der Waals surface area contributed by atoms with Crippen LogP contribution in [0.3, 0.4) is 0 Å². The fourth-order valence-electron chi connectivity index (χ4n) is 6.00. The third-order valence-corrected chi connectivity index (χ3v) is 7.42. The Morgan fingerprint density at radius 1 is 1.00 bits per heavy atom. The number of aromatic amines is 1. The number of H-pyrrole nitrogens is 1. The Kier molecular flexibility index (Phi) is 4.20. The zero-order valence-corrected chi connectivity index (χ0v) is 17.8. The zero-order chi connectivity index (χ0) is 21.1. The smallest absolute Gasteiger partial charge is 0.246 e. The summed E-state index contributed by atoms with van der Waals surface area (Å²) in [5.41, 5.74) is 5.52. The fraction of sp³-hybridized carbons (Fsp3) is 0.385. The topological polar surface area (TPSA) is 56.4 Å². The molecule has 2 atom stereocenters. The van der Waals surface area contributed by atoms with Crippen LogP contribution in [-0.4, -0.2) is 45.2 Å². The van der Waals surface area contributed by atoms with Crippen molar-refractivity contribution in [2.45, 2.75) is 57.2 Å². The Morgan fingerprint density at radius 2 is 1.81 bits per heavy atom. The molecule has 158 valence electrons. The third-order valence-electron chi connectivity index (χ3n) is 7.42. The number of piperazine rings is 1. The Hall–Kier alpha value is -3.08. The number of aryl methyl sites for hydroxylation is 1. The Balaban J connectivity index is 1.52. The molecular formula is C26H27N3O2. The monoisotopic (exact) mass is 413 g/mol. The SMILES string of the molecule is Cc1cccc([C@H]2c3[nH]c4ccccc4c3C[C@H]3C(=O)N(C4CCCC4)CC(=O)N23)c1. The molecule has 1 saturated heterocycles. The van der Waals surface area contributed by atoms with E-state index in [2.05, 4.69) is 42.2 Å². The second kappa shape index (κ2) is 6.98. The maximum Gasteiger partial charge on any atom is 0.246 e. The first kappa shape index (κ1) is 18.7. The summed E-state index contributed by atoms with van der Waals surface area (Å²) >= 11 is 0. The van der Waals surface area contributed by atoms with Crippen molar-refractivity contribution in [1.82, 2.24) is 14.8 Å². The molecule has 0 radical (unpaired) electrons. The fourth-order valence-corrected chi connectivity index (χ4v) is 6.00. The molecule has 2 aliphatic heterocycles. The summed E-state index contributed by atoms with van der Waals surface area (Å²) in [7, 11) is 0. The van der Waals surface area contributed by atoms with E-state index < -0.39 is 6.04 Å². The second-order valence-electron chi connectivity index (χ2n) is 9.30. The van der Waals surface area contributed by atoms with Crippen LogP contribution in [0.4, 0.5) is 0 Å². The molecule has 2 aromatic carbocycles. The van der Waals surface area contributed by atoms with E-state index in [0.29, 0.717) is 6.42 Å². The number of aromatic nitrogens is 1. The van der Waals surface area contributed by atoms with Crippen LogP contribution in [0.2, 0.25) is 0 Å². The van der Waals surface area contributed by atoms with E-state index in [1.54, 1.807) is 0 Å². The molecule has 3 aliphatic rings. The molecule has 1 aromatic heterocycles. The van der Waals surface area contributed by atoms with Crippen molar-refractivity contribution in [2.24, 2.45) is 0 Å². The van der Waals surface area contributed by atoms with E-state index >= 15 is 0 Å². The number of carbonyl (C=O) groups excluding carboxylic acids is 2. The van der Waals surface area contributed by atoms with Gasteiger partial charge in [-0.2, -0.15) is 0 Å². The molecule has 1 N–H and O–H groups in total. The predicted octanol–water partition coefficient (Wildman–Crippen LogP) is 4.10. The summed E-state index contributed by atoms with van der Waals surface area (Å²) in [6, 6.07) is 16.1. The first-order chi connectivity index (χ1) is 15.1. The van der Waals surface area contributed by atoms with Crippen molar-refractivity contribution in [3.63, 3.8) is 0 Å². The number of para-hydroxylation sites is 1. The van der Waals surface area contributed by atoms with Crippen molar-refractivity contribution in [2.75, 3.05) is 6.54 Å². The molecule has 0 unspecified atom stereocenters. The van der Waals surface area contributed by atoms with Gasteiger partial charge in [-0.05, 0) is 37.0 Å². The number of hydrogen-bond acceptors (Lipinski definition) is 2. The van der Waals surface area contributed by atoms with E-state index in [1.165, 1.54) is 5.56 Å². The van der Waals surface area contributed by atoms with E-state index in [4.69, 9.17) is 0 Å². The minimum atomic E-state index is -0.431. The van der Waals surface area contributed by atoms with Gasteiger partial charge in [0.25, 0.3) is 0 Å². The summed E-state index contributed by atoms with van der Waals surface area (Å²) in [5.74, 6) is 0.187. The average molecular weight is 414 g/mol. The molecule has 0 bridgehead atoms. The van der Waals surface area contributed by atoms with Gasteiger partial charge in [-0.15, -0.1) is 0 Å². The minimum absolute atomic E-state index is 0.0623. The third kappa shape index (κ3) is 2.83. The van der Waals surface area contributed by atoms with Gasteiger partial charge in [0.1, 0.15) is 12.6 Å². The number of carbonyl (C=O) groups is 2. The quantitative estimate of drug-likeness (QED) is 0.688. The van der Waals surface area contributed by atoms with Crippen LogP contribution >= 0.6 is 0 Å². The highest BCUT2D eigenvalue weighted by Crippen LogP contribution is 2.43. The van der Waals surface area contributed by atoms with Crippen LogP contribution in [0.5, 0.6) is 0 Å². The standard InChI is InChI=1S/C26H27N3O2/c1-16-7-6-8-17(13-16)25-24-20(19-11-4-5-12-21(19)27-24)14-22-26(31)28(15-23(30)29(22)25)18-9-2-3-10-18/h4-8,11-13,18,22,25,27H,2-3,9-10,14-15H2,1H3/t22-,25-/m0/s1. The van der Waals surface area contributed by atoms with Gasteiger partial charge in [-0.25, -0.2) is 0 Å². The van der Waals surface area contributed by atoms with Crippen molar-refractivity contribution >= 4 is 22.7 Å². The summed E-state index contributed by atoms with van der Waals surface area (Å²) < 4.78 is 0. The molecule has 1 saturated carbocycles. The molecule has 2 fully saturated rings. The lowest BCUT2D eigenvalue weighted by molar-refractivity contribution is -0.160. The first-order valence-corrected chi connectivity index (χ1v) is 11.4. The molecule has 3 heterocycles. The van der Waals surface area contributed by atoms with Gasteiger partial charge >= 0.3 is 0 Å². The van der Waals surface area contributed by atoms with Gasteiger partial charge in [0.2, 0.25) is 11.8 Å². The van der Waals surface area contributed by atoms with Crippen LogP contribution in [0.25, 0.3) is 10.9 Å². The maximum absolute atomic E-state index is 13.7. The number of benzene rings is 2. The number of nitrogens with one attached hydrogen (secondary N) is 1. The number of hydrogen-bond donors (Lipinski definition) is 1. The molecule has 31 heavy (non-hydrogen) atoms. The second-order valence-corrected chi connectivity index (χ2v) is 9.30. The van der Waals surface area contributed by atoms with E-state index in [0.717, 1.165) is 53.4 Å². The zero-order valence-electron chi connectivity index (χ0n) is 17.8. The van der Waals surface area contributed by atoms with Crippen LogP contribution in [0.1, 0.15) is 54.1 Å². The Bertz CT molecular complexity index is 1190. The lowest BCUT2D eigenvalue weighted by Crippen LogP contribution is -2.64. The van der Waals surface area contributed by atoms with Crippen molar-refractivity contribution in [1.29, 1.82) is 0 Å². The van der Waals surface area contributed by atoms with Gasteiger partial charge in [-0.1, -0.05) is 60.9 Å². The van der Waals surface area contributed by atoms with Crippen molar-refractivity contribution in [3.05, 3.63) is 70.9 Å². The van der Waals surface area contributed by atoms with Crippen molar-refractivity contribution < 1.29 is 9.59 Å². The summed E-state index contributed by atoms with van der Waals surface area (Å²) in [6.45, 7) is 2.28. The lowest BCUT2D eigenvalue weighted by atomic mass is 9.85. The van der Waals surface area contributed by atoms with Gasteiger partial charge < -0.3 is 14.8 Å². The molecular weight excluding hydrogens is 386 g/mol. The van der Waals surface area contributed by atoms with Crippen LogP contribution < -0.4 is 0 Å². The highest BCUT2D eigenvalue weighted by molar-refractivity contribution is 5.97. The average Bonchev–Trinajstić information content (AvgIpc) is 3.43. The van der Waals surface area contributed by atoms with E-state index in [9.17, 15) is 9.59 Å². The molecule has 0 spiro atoms. The maximum atomic E-state index is 13.7. The van der Waals surface area contributed by atoms with Gasteiger partial charge in [-0.3, -0.25) is 9.59 Å². The van der Waals surface area contributed by atoms with Gasteiger partial charge in [0, 0.05) is 29.1 Å².